The van der Waals surface area contributed by atoms with E-state index in [1.807, 2.05) is 50.4 Å². The van der Waals surface area contributed by atoms with Gasteiger partial charge < -0.3 is 18.8 Å². The summed E-state index contributed by atoms with van der Waals surface area (Å²) in [6.07, 6.45) is 1.60. The van der Waals surface area contributed by atoms with Crippen molar-refractivity contribution in [2.24, 2.45) is 0 Å². The molecule has 0 N–H and O–H groups in total. The Morgan fingerprint density at radius 1 is 0.929 bits per heavy atom. The largest absolute Gasteiger partial charge is 0.464 e. The molecule has 0 amide bonds. The van der Waals surface area contributed by atoms with Crippen LogP contribution in [0.2, 0.25) is 0 Å². The first kappa shape index (κ1) is 16.6. The molecule has 1 aliphatic heterocycles. The first-order valence-electron chi connectivity index (χ1n) is 9.08. The van der Waals surface area contributed by atoms with Crippen molar-refractivity contribution in [3.05, 3.63) is 66.4 Å². The molecule has 2 aromatic heterocycles. The van der Waals surface area contributed by atoms with Gasteiger partial charge in [-0.25, -0.2) is 9.97 Å². The number of hydrogen-bond acceptors (Lipinski definition) is 6. The minimum atomic E-state index is 0.269. The summed E-state index contributed by atoms with van der Waals surface area (Å²) in [4.78, 5) is 11.0. The SMILES string of the molecule is Cc1ccc(CN(C)c2ncnc3ccc(-c4ccc5c(c4)OCO5)cc23)o1. The zero-order valence-electron chi connectivity index (χ0n) is 15.7. The highest BCUT2D eigenvalue weighted by atomic mass is 16.7. The molecule has 0 atom stereocenters. The Balaban J connectivity index is 1.54. The van der Waals surface area contributed by atoms with E-state index < -0.39 is 0 Å². The highest BCUT2D eigenvalue weighted by molar-refractivity contribution is 5.93. The minimum Gasteiger partial charge on any atom is -0.464 e. The summed E-state index contributed by atoms with van der Waals surface area (Å²) in [5.41, 5.74) is 3.03. The number of aryl methyl sites for hydroxylation is 1. The van der Waals surface area contributed by atoms with Crippen molar-refractivity contribution in [1.29, 1.82) is 0 Å². The number of rotatable bonds is 4. The molecule has 6 heteroatoms. The Labute approximate surface area is 162 Å². The molecule has 2 aromatic carbocycles. The fourth-order valence-electron chi connectivity index (χ4n) is 3.48. The molecular weight excluding hydrogens is 354 g/mol. The molecule has 5 rings (SSSR count). The Bertz CT molecular complexity index is 1170. The van der Waals surface area contributed by atoms with Crippen LogP contribution < -0.4 is 14.4 Å². The predicted molar refractivity (Wildman–Crippen MR) is 107 cm³/mol. The van der Waals surface area contributed by atoms with E-state index in [0.29, 0.717) is 6.54 Å². The number of furan rings is 1. The highest BCUT2D eigenvalue weighted by Gasteiger charge is 2.15. The molecule has 0 unspecified atom stereocenters. The second-order valence-electron chi connectivity index (χ2n) is 6.87. The monoisotopic (exact) mass is 373 g/mol. The molecule has 6 nitrogen and oxygen atoms in total. The van der Waals surface area contributed by atoms with Crippen LogP contribution in [0.15, 0.2) is 59.3 Å². The average Bonchev–Trinajstić information content (AvgIpc) is 3.35. The molecule has 3 heterocycles. The molecule has 4 aromatic rings. The fourth-order valence-corrected chi connectivity index (χ4v) is 3.48. The van der Waals surface area contributed by atoms with Gasteiger partial charge in [0.15, 0.2) is 11.5 Å². The molecule has 1 aliphatic rings. The van der Waals surface area contributed by atoms with E-state index in [4.69, 9.17) is 13.9 Å². The van der Waals surface area contributed by atoms with Gasteiger partial charge in [0, 0.05) is 12.4 Å². The van der Waals surface area contributed by atoms with Crippen LogP contribution in [-0.2, 0) is 6.54 Å². The second kappa shape index (κ2) is 6.56. The van der Waals surface area contributed by atoms with Crippen molar-refractivity contribution in [1.82, 2.24) is 9.97 Å². The molecule has 0 bridgehead atoms. The minimum absolute atomic E-state index is 0.269. The third-order valence-electron chi connectivity index (χ3n) is 4.87. The van der Waals surface area contributed by atoms with Crippen LogP contribution in [0, 0.1) is 6.92 Å². The van der Waals surface area contributed by atoms with Crippen LogP contribution >= 0.6 is 0 Å². The Morgan fingerprint density at radius 2 is 1.75 bits per heavy atom. The standard InChI is InChI=1S/C22H19N3O3/c1-14-3-6-17(28-14)11-25(2)22-18-9-15(4-7-19(18)23-12-24-22)16-5-8-20-21(10-16)27-13-26-20/h3-10,12H,11,13H2,1-2H3. The van der Waals surface area contributed by atoms with Gasteiger partial charge in [-0.1, -0.05) is 12.1 Å². The fraction of sp³-hybridized carbons (Fsp3) is 0.182. The van der Waals surface area contributed by atoms with E-state index >= 15 is 0 Å². The summed E-state index contributed by atoms with van der Waals surface area (Å²) in [6.45, 7) is 2.85. The maximum Gasteiger partial charge on any atom is 0.231 e. The maximum absolute atomic E-state index is 5.71. The third kappa shape index (κ3) is 2.93. The van der Waals surface area contributed by atoms with Crippen molar-refractivity contribution in [2.75, 3.05) is 18.7 Å². The quantitative estimate of drug-likeness (QED) is 0.522. The molecule has 28 heavy (non-hydrogen) atoms. The smallest absolute Gasteiger partial charge is 0.231 e. The van der Waals surface area contributed by atoms with Crippen LogP contribution in [0.4, 0.5) is 5.82 Å². The number of aromatic nitrogens is 2. The highest BCUT2D eigenvalue weighted by Crippen LogP contribution is 2.37. The van der Waals surface area contributed by atoms with Crippen molar-refractivity contribution in [3.8, 4) is 22.6 Å². The summed E-state index contributed by atoms with van der Waals surface area (Å²) < 4.78 is 16.6. The third-order valence-corrected chi connectivity index (χ3v) is 4.87. The normalized spacial score (nSPS) is 12.5. The van der Waals surface area contributed by atoms with Gasteiger partial charge in [-0.3, -0.25) is 0 Å². The van der Waals surface area contributed by atoms with E-state index in [0.717, 1.165) is 50.9 Å². The summed E-state index contributed by atoms with van der Waals surface area (Å²) >= 11 is 0. The summed E-state index contributed by atoms with van der Waals surface area (Å²) in [6, 6.07) is 16.1. The van der Waals surface area contributed by atoms with Gasteiger partial charge in [-0.05, 0) is 54.4 Å². The van der Waals surface area contributed by atoms with E-state index in [1.165, 1.54) is 0 Å². The van der Waals surface area contributed by atoms with Crippen molar-refractivity contribution in [2.45, 2.75) is 13.5 Å². The number of nitrogens with zero attached hydrogens (tertiary/aromatic N) is 3. The van der Waals surface area contributed by atoms with Crippen molar-refractivity contribution >= 4 is 16.7 Å². The zero-order valence-corrected chi connectivity index (χ0v) is 15.7. The molecule has 0 radical (unpaired) electrons. The Kier molecular flexibility index (Phi) is 3.90. The van der Waals surface area contributed by atoms with Gasteiger partial charge in [0.25, 0.3) is 0 Å². The number of hydrogen-bond donors (Lipinski definition) is 0. The Morgan fingerprint density at radius 3 is 2.61 bits per heavy atom. The lowest BCUT2D eigenvalue weighted by Gasteiger charge is -2.18. The Hall–Kier alpha value is -3.54. The van der Waals surface area contributed by atoms with E-state index in [-0.39, 0.29) is 6.79 Å². The van der Waals surface area contributed by atoms with Gasteiger partial charge in [-0.2, -0.15) is 0 Å². The first-order valence-corrected chi connectivity index (χ1v) is 9.08. The zero-order chi connectivity index (χ0) is 19.1. The topological polar surface area (TPSA) is 60.6 Å². The van der Waals surface area contributed by atoms with Crippen LogP contribution in [0.5, 0.6) is 11.5 Å². The summed E-state index contributed by atoms with van der Waals surface area (Å²) in [5.74, 6) is 4.22. The van der Waals surface area contributed by atoms with Crippen molar-refractivity contribution in [3.63, 3.8) is 0 Å². The average molecular weight is 373 g/mol. The molecular formula is C22H19N3O3. The van der Waals surface area contributed by atoms with Crippen LogP contribution in [0.3, 0.4) is 0 Å². The van der Waals surface area contributed by atoms with E-state index in [2.05, 4.69) is 27.0 Å². The molecule has 0 saturated carbocycles. The van der Waals surface area contributed by atoms with E-state index in [9.17, 15) is 0 Å². The lowest BCUT2D eigenvalue weighted by Crippen LogP contribution is -2.17. The lowest BCUT2D eigenvalue weighted by atomic mass is 10.0. The van der Waals surface area contributed by atoms with E-state index in [1.54, 1.807) is 6.33 Å². The van der Waals surface area contributed by atoms with Gasteiger partial charge >= 0.3 is 0 Å². The molecule has 0 saturated heterocycles. The molecule has 140 valence electrons. The van der Waals surface area contributed by atoms with Crippen molar-refractivity contribution < 1.29 is 13.9 Å². The lowest BCUT2D eigenvalue weighted by molar-refractivity contribution is 0.174. The van der Waals surface area contributed by atoms with Gasteiger partial charge in [-0.15, -0.1) is 0 Å². The number of fused-ring (bicyclic) bond motifs is 2. The molecule has 0 spiro atoms. The number of anilines is 1. The predicted octanol–water partition coefficient (Wildman–Crippen LogP) is 4.56. The van der Waals surface area contributed by atoms with Crippen LogP contribution in [-0.4, -0.2) is 23.8 Å². The summed E-state index contributed by atoms with van der Waals surface area (Å²) in [5, 5.41) is 0.989. The summed E-state index contributed by atoms with van der Waals surface area (Å²) in [7, 11) is 2.01. The van der Waals surface area contributed by atoms with Gasteiger partial charge in [0.2, 0.25) is 6.79 Å². The van der Waals surface area contributed by atoms with Crippen LogP contribution in [0.25, 0.3) is 22.0 Å². The van der Waals surface area contributed by atoms with Gasteiger partial charge in [0.1, 0.15) is 23.7 Å². The van der Waals surface area contributed by atoms with Gasteiger partial charge in [0.05, 0.1) is 12.1 Å². The molecule has 0 aliphatic carbocycles. The number of ether oxygens (including phenoxy) is 2. The molecule has 0 fully saturated rings. The maximum atomic E-state index is 5.71. The first-order chi connectivity index (χ1) is 13.7. The number of benzene rings is 2. The second-order valence-corrected chi connectivity index (χ2v) is 6.87. The van der Waals surface area contributed by atoms with Crippen LogP contribution in [0.1, 0.15) is 11.5 Å².